The van der Waals surface area contributed by atoms with Crippen molar-refractivity contribution >= 4 is 21.8 Å². The summed E-state index contributed by atoms with van der Waals surface area (Å²) in [5.41, 5.74) is 0.866. The van der Waals surface area contributed by atoms with E-state index in [0.29, 0.717) is 25.3 Å². The zero-order valence-electron chi connectivity index (χ0n) is 9.96. The molecule has 0 aliphatic carbocycles. The topological polar surface area (TPSA) is 47.6 Å². The molecule has 0 saturated carbocycles. The van der Waals surface area contributed by atoms with Gasteiger partial charge in [-0.15, -0.1) is 0 Å². The van der Waals surface area contributed by atoms with Crippen LogP contribution in [-0.2, 0) is 16.0 Å². The van der Waals surface area contributed by atoms with E-state index in [-0.39, 0.29) is 5.91 Å². The fourth-order valence-electron chi connectivity index (χ4n) is 1.39. The van der Waals surface area contributed by atoms with Crippen molar-refractivity contribution in [1.29, 1.82) is 0 Å². The van der Waals surface area contributed by atoms with Crippen LogP contribution in [0.3, 0.4) is 0 Å². The Balaban J connectivity index is 2.58. The molecule has 0 aliphatic rings. The minimum Gasteiger partial charge on any atom is -0.496 e. The van der Waals surface area contributed by atoms with Gasteiger partial charge in [0.15, 0.2) is 0 Å². The number of rotatable bonds is 6. The van der Waals surface area contributed by atoms with Crippen LogP contribution in [0, 0.1) is 0 Å². The minimum absolute atomic E-state index is 0.0392. The van der Waals surface area contributed by atoms with Gasteiger partial charge < -0.3 is 14.8 Å². The van der Waals surface area contributed by atoms with Crippen molar-refractivity contribution in [2.75, 3.05) is 27.4 Å². The van der Waals surface area contributed by atoms with Crippen LogP contribution in [0.4, 0.5) is 0 Å². The largest absolute Gasteiger partial charge is 0.496 e. The van der Waals surface area contributed by atoms with E-state index < -0.39 is 0 Å². The molecule has 0 fully saturated rings. The second-order valence-corrected chi connectivity index (χ2v) is 4.39. The first kappa shape index (κ1) is 14.0. The number of halogens is 1. The lowest BCUT2D eigenvalue weighted by atomic mass is 10.1. The summed E-state index contributed by atoms with van der Waals surface area (Å²) in [6, 6.07) is 5.61. The molecule has 5 heteroatoms. The van der Waals surface area contributed by atoms with Crippen molar-refractivity contribution in [1.82, 2.24) is 5.32 Å². The summed E-state index contributed by atoms with van der Waals surface area (Å²) >= 11 is 3.36. The lowest BCUT2D eigenvalue weighted by molar-refractivity contribution is -0.120. The molecular weight excluding hydrogens is 286 g/mol. The predicted molar refractivity (Wildman–Crippen MR) is 69.3 cm³/mol. The van der Waals surface area contributed by atoms with E-state index >= 15 is 0 Å². The number of hydrogen-bond donors (Lipinski definition) is 1. The van der Waals surface area contributed by atoms with Gasteiger partial charge in [0, 0.05) is 23.7 Å². The predicted octanol–water partition coefficient (Wildman–Crippen LogP) is 1.76. The molecule has 0 bridgehead atoms. The third kappa shape index (κ3) is 4.75. The standard InChI is InChI=1S/C12H16BrNO3/c1-16-6-5-14-12(15)7-9-3-4-10(13)8-11(9)17-2/h3-4,8H,5-7H2,1-2H3,(H,14,15). The van der Waals surface area contributed by atoms with E-state index in [0.717, 1.165) is 10.0 Å². The Hall–Kier alpha value is -1.07. The highest BCUT2D eigenvalue weighted by Gasteiger charge is 2.08. The average Bonchev–Trinajstić information content (AvgIpc) is 2.32. The molecule has 17 heavy (non-hydrogen) atoms. The molecule has 0 radical (unpaired) electrons. The van der Waals surface area contributed by atoms with Gasteiger partial charge in [0.25, 0.3) is 0 Å². The quantitative estimate of drug-likeness (QED) is 0.815. The second kappa shape index (κ2) is 7.29. The first-order chi connectivity index (χ1) is 8.17. The van der Waals surface area contributed by atoms with E-state index in [2.05, 4.69) is 21.2 Å². The normalized spacial score (nSPS) is 10.1. The smallest absolute Gasteiger partial charge is 0.224 e. The van der Waals surface area contributed by atoms with E-state index in [9.17, 15) is 4.79 Å². The van der Waals surface area contributed by atoms with Crippen molar-refractivity contribution in [3.63, 3.8) is 0 Å². The van der Waals surface area contributed by atoms with Crippen molar-refractivity contribution < 1.29 is 14.3 Å². The highest BCUT2D eigenvalue weighted by Crippen LogP contribution is 2.23. The number of nitrogens with one attached hydrogen (secondary N) is 1. The van der Waals surface area contributed by atoms with Crippen LogP contribution < -0.4 is 10.1 Å². The highest BCUT2D eigenvalue weighted by atomic mass is 79.9. The highest BCUT2D eigenvalue weighted by molar-refractivity contribution is 9.10. The number of ether oxygens (including phenoxy) is 2. The maximum Gasteiger partial charge on any atom is 0.224 e. The second-order valence-electron chi connectivity index (χ2n) is 3.48. The number of hydrogen-bond acceptors (Lipinski definition) is 3. The van der Waals surface area contributed by atoms with Gasteiger partial charge in [0.2, 0.25) is 5.91 Å². The lowest BCUT2D eigenvalue weighted by Crippen LogP contribution is -2.28. The Bertz CT molecular complexity index is 382. The maximum absolute atomic E-state index is 11.6. The van der Waals surface area contributed by atoms with E-state index in [4.69, 9.17) is 9.47 Å². The fraction of sp³-hybridized carbons (Fsp3) is 0.417. The Labute approximate surface area is 109 Å². The summed E-state index contributed by atoms with van der Waals surface area (Å²) in [7, 11) is 3.19. The van der Waals surface area contributed by atoms with Crippen molar-refractivity contribution in [2.45, 2.75) is 6.42 Å². The van der Waals surface area contributed by atoms with Gasteiger partial charge in [-0.05, 0) is 12.1 Å². The van der Waals surface area contributed by atoms with Gasteiger partial charge in [-0.25, -0.2) is 0 Å². The number of carbonyl (C=O) groups is 1. The first-order valence-corrected chi connectivity index (χ1v) is 6.04. The fourth-order valence-corrected chi connectivity index (χ4v) is 1.73. The molecule has 1 aromatic carbocycles. The van der Waals surface area contributed by atoms with Crippen LogP contribution >= 0.6 is 15.9 Å². The molecule has 0 unspecified atom stereocenters. The van der Waals surface area contributed by atoms with Gasteiger partial charge in [0.1, 0.15) is 5.75 Å². The Kier molecular flexibility index (Phi) is 6.00. The summed E-state index contributed by atoms with van der Waals surface area (Å²) < 4.78 is 11.0. The zero-order valence-corrected chi connectivity index (χ0v) is 11.5. The number of amides is 1. The summed E-state index contributed by atoms with van der Waals surface area (Å²) in [5.74, 6) is 0.670. The molecule has 0 atom stereocenters. The molecule has 1 aromatic rings. The van der Waals surface area contributed by atoms with Crippen LogP contribution in [0.25, 0.3) is 0 Å². The number of carbonyl (C=O) groups excluding carboxylic acids is 1. The summed E-state index contributed by atoms with van der Waals surface area (Å²) in [4.78, 5) is 11.6. The molecule has 1 N–H and O–H groups in total. The van der Waals surface area contributed by atoms with Crippen LogP contribution in [0.15, 0.2) is 22.7 Å². The summed E-state index contributed by atoms with van der Waals surface area (Å²) in [6.45, 7) is 1.04. The van der Waals surface area contributed by atoms with Crippen molar-refractivity contribution in [3.05, 3.63) is 28.2 Å². The van der Waals surface area contributed by atoms with Gasteiger partial charge in [-0.3, -0.25) is 4.79 Å². The maximum atomic E-state index is 11.6. The molecule has 1 amide bonds. The lowest BCUT2D eigenvalue weighted by Gasteiger charge is -2.09. The molecule has 94 valence electrons. The van der Waals surface area contributed by atoms with E-state index in [1.165, 1.54) is 0 Å². The summed E-state index contributed by atoms with van der Waals surface area (Å²) in [6.07, 6.45) is 0.306. The first-order valence-electron chi connectivity index (χ1n) is 5.25. The molecule has 0 aliphatic heterocycles. The van der Waals surface area contributed by atoms with E-state index in [1.807, 2.05) is 18.2 Å². The van der Waals surface area contributed by atoms with Crippen LogP contribution in [0.1, 0.15) is 5.56 Å². The van der Waals surface area contributed by atoms with Crippen molar-refractivity contribution in [3.8, 4) is 5.75 Å². The Morgan fingerprint density at radius 3 is 2.82 bits per heavy atom. The molecule has 0 heterocycles. The van der Waals surface area contributed by atoms with E-state index in [1.54, 1.807) is 14.2 Å². The molecular formula is C12H16BrNO3. The molecule has 1 rings (SSSR count). The molecule has 0 saturated heterocycles. The van der Waals surface area contributed by atoms with Crippen LogP contribution in [0.2, 0.25) is 0 Å². The van der Waals surface area contributed by atoms with Gasteiger partial charge in [-0.1, -0.05) is 22.0 Å². The van der Waals surface area contributed by atoms with Gasteiger partial charge in [-0.2, -0.15) is 0 Å². The third-order valence-electron chi connectivity index (χ3n) is 2.23. The van der Waals surface area contributed by atoms with Gasteiger partial charge >= 0.3 is 0 Å². The Morgan fingerprint density at radius 2 is 2.18 bits per heavy atom. The zero-order chi connectivity index (χ0) is 12.7. The SMILES string of the molecule is COCCNC(=O)Cc1ccc(Br)cc1OC. The summed E-state index contributed by atoms with van der Waals surface area (Å²) in [5, 5.41) is 2.77. The number of benzene rings is 1. The van der Waals surface area contributed by atoms with Crippen molar-refractivity contribution in [2.24, 2.45) is 0 Å². The Morgan fingerprint density at radius 1 is 1.41 bits per heavy atom. The van der Waals surface area contributed by atoms with Crippen LogP contribution in [-0.4, -0.2) is 33.3 Å². The molecule has 0 aromatic heterocycles. The third-order valence-corrected chi connectivity index (χ3v) is 2.72. The minimum atomic E-state index is -0.0392. The number of methoxy groups -OCH3 is 2. The monoisotopic (exact) mass is 301 g/mol. The van der Waals surface area contributed by atoms with Crippen LogP contribution in [0.5, 0.6) is 5.75 Å². The van der Waals surface area contributed by atoms with Gasteiger partial charge in [0.05, 0.1) is 20.1 Å². The molecule has 0 spiro atoms. The average molecular weight is 302 g/mol. The molecule has 4 nitrogen and oxygen atoms in total.